The summed E-state index contributed by atoms with van der Waals surface area (Å²) in [6, 6.07) is 29.0. The second-order valence-corrected chi connectivity index (χ2v) is 8.71. The van der Waals surface area contributed by atoms with Crippen LogP contribution in [0.1, 0.15) is 5.56 Å². The number of benzene rings is 4. The summed E-state index contributed by atoms with van der Waals surface area (Å²) in [5, 5.41) is 11.5. The fraction of sp³-hybridized carbons (Fsp3) is 0.0370. The van der Waals surface area contributed by atoms with Crippen LogP contribution in [-0.4, -0.2) is 10.2 Å². The molecule has 4 aromatic carbocycles. The Morgan fingerprint density at radius 3 is 2.24 bits per heavy atom. The third-order valence-corrected chi connectivity index (χ3v) is 6.35. The van der Waals surface area contributed by atoms with E-state index < -0.39 is 0 Å². The number of ether oxygens (including phenoxy) is 1. The quantitative estimate of drug-likeness (QED) is 0.247. The molecule has 6 heteroatoms. The summed E-state index contributed by atoms with van der Waals surface area (Å²) >= 11 is 18.8. The Morgan fingerprint density at radius 2 is 1.42 bits per heavy atom. The summed E-state index contributed by atoms with van der Waals surface area (Å²) in [5.41, 5.74) is 5.24. The highest BCUT2D eigenvalue weighted by Gasteiger charge is 2.17. The monoisotopic (exact) mass is 490 g/mol. The van der Waals surface area contributed by atoms with Gasteiger partial charge < -0.3 is 4.74 Å². The van der Waals surface area contributed by atoms with Crippen molar-refractivity contribution in [3.63, 3.8) is 0 Å². The first-order valence-corrected chi connectivity index (χ1v) is 11.4. The van der Waals surface area contributed by atoms with Crippen LogP contribution >= 0.6 is 34.8 Å². The van der Waals surface area contributed by atoms with E-state index in [0.29, 0.717) is 21.7 Å². The van der Waals surface area contributed by atoms with Gasteiger partial charge in [-0.25, -0.2) is 0 Å². The minimum absolute atomic E-state index is 0.363. The van der Waals surface area contributed by atoms with Crippen molar-refractivity contribution >= 4 is 45.7 Å². The Labute approximate surface area is 206 Å². The fourth-order valence-electron chi connectivity index (χ4n) is 3.73. The molecule has 0 unspecified atom stereocenters. The van der Waals surface area contributed by atoms with E-state index in [9.17, 15) is 0 Å². The minimum atomic E-state index is 0.363. The van der Waals surface area contributed by atoms with E-state index in [1.54, 1.807) is 12.1 Å². The first-order chi connectivity index (χ1) is 16.1. The molecule has 0 saturated carbocycles. The maximum absolute atomic E-state index is 6.66. The van der Waals surface area contributed by atoms with E-state index in [-0.39, 0.29) is 0 Å². The van der Waals surface area contributed by atoms with Gasteiger partial charge in [0, 0.05) is 16.5 Å². The maximum Gasteiger partial charge on any atom is 0.120 e. The van der Waals surface area contributed by atoms with Crippen LogP contribution in [0.15, 0.2) is 91.0 Å². The normalized spacial score (nSPS) is 11.0. The summed E-state index contributed by atoms with van der Waals surface area (Å²) in [5.74, 6) is 0.717. The number of aromatic nitrogens is 2. The molecule has 0 atom stereocenters. The molecule has 3 nitrogen and oxygen atoms in total. The first kappa shape index (κ1) is 21.7. The third kappa shape index (κ3) is 4.53. The summed E-state index contributed by atoms with van der Waals surface area (Å²) in [6.07, 6.45) is 0. The van der Waals surface area contributed by atoms with Gasteiger partial charge in [0.25, 0.3) is 0 Å². The number of halogens is 3. The first-order valence-electron chi connectivity index (χ1n) is 10.3. The predicted octanol–water partition coefficient (Wildman–Crippen LogP) is 8.50. The molecule has 0 amide bonds. The van der Waals surface area contributed by atoms with Crippen molar-refractivity contribution in [2.24, 2.45) is 0 Å². The van der Waals surface area contributed by atoms with Crippen LogP contribution in [0.5, 0.6) is 5.75 Å². The van der Waals surface area contributed by atoms with E-state index in [2.05, 4.69) is 10.2 Å². The smallest absolute Gasteiger partial charge is 0.120 e. The highest BCUT2D eigenvalue weighted by atomic mass is 35.5. The molecule has 0 aliphatic carbocycles. The second-order valence-electron chi connectivity index (χ2n) is 7.49. The molecule has 1 aromatic heterocycles. The summed E-state index contributed by atoms with van der Waals surface area (Å²) in [4.78, 5) is 0. The molecular weight excluding hydrogens is 475 g/mol. The van der Waals surface area contributed by atoms with Gasteiger partial charge in [-0.15, -0.1) is 10.2 Å². The van der Waals surface area contributed by atoms with Gasteiger partial charge in [-0.3, -0.25) is 0 Å². The summed E-state index contributed by atoms with van der Waals surface area (Å²) < 4.78 is 6.07. The number of fused-ring (bicyclic) bond motifs is 1. The highest BCUT2D eigenvalue weighted by Crippen LogP contribution is 2.39. The van der Waals surface area contributed by atoms with Crippen molar-refractivity contribution in [2.45, 2.75) is 6.61 Å². The Bertz CT molecular complexity index is 1460. The average molecular weight is 492 g/mol. The van der Waals surface area contributed by atoms with E-state index in [1.807, 2.05) is 78.9 Å². The number of nitrogens with zero attached hydrogens (tertiary/aromatic N) is 2. The molecular formula is C27H17Cl3N2O. The van der Waals surface area contributed by atoms with Crippen LogP contribution in [0.4, 0.5) is 0 Å². The lowest BCUT2D eigenvalue weighted by molar-refractivity contribution is 0.306. The number of rotatable bonds is 5. The summed E-state index contributed by atoms with van der Waals surface area (Å²) in [6.45, 7) is 0.363. The largest absolute Gasteiger partial charge is 0.489 e. The van der Waals surface area contributed by atoms with Gasteiger partial charge in [0.2, 0.25) is 0 Å². The Hall–Kier alpha value is -3.11. The molecule has 33 heavy (non-hydrogen) atoms. The molecule has 0 fully saturated rings. The lowest BCUT2D eigenvalue weighted by Crippen LogP contribution is -1.98. The van der Waals surface area contributed by atoms with Crippen LogP contribution in [0, 0.1) is 0 Å². The van der Waals surface area contributed by atoms with Crippen LogP contribution in [-0.2, 0) is 6.61 Å². The maximum atomic E-state index is 6.66. The fourth-order valence-corrected chi connectivity index (χ4v) is 4.32. The van der Waals surface area contributed by atoms with Gasteiger partial charge >= 0.3 is 0 Å². The standard InChI is InChI=1S/C27H17Cl3N2O/c28-21-13-12-17(14-23(21)30)16-33-20-9-4-8-19(15-20)25-26-22(29)10-5-11-24(26)31-32-27(25)18-6-2-1-3-7-18/h1-15H,16H2. The van der Waals surface area contributed by atoms with Crippen LogP contribution < -0.4 is 4.74 Å². The van der Waals surface area contributed by atoms with Crippen LogP contribution in [0.25, 0.3) is 33.3 Å². The molecule has 162 valence electrons. The van der Waals surface area contributed by atoms with E-state index in [0.717, 1.165) is 44.6 Å². The lowest BCUT2D eigenvalue weighted by Gasteiger charge is -2.14. The molecule has 0 spiro atoms. The van der Waals surface area contributed by atoms with E-state index in [4.69, 9.17) is 39.5 Å². The van der Waals surface area contributed by atoms with Crippen molar-refractivity contribution in [2.75, 3.05) is 0 Å². The zero-order valence-electron chi connectivity index (χ0n) is 17.3. The van der Waals surface area contributed by atoms with Crippen LogP contribution in [0.2, 0.25) is 15.1 Å². The highest BCUT2D eigenvalue weighted by molar-refractivity contribution is 6.42. The SMILES string of the molecule is Clc1ccc(COc2cccc(-c3c(-c4ccccc4)nnc4cccc(Cl)c34)c2)cc1Cl. The van der Waals surface area contributed by atoms with Gasteiger partial charge in [0.15, 0.2) is 0 Å². The zero-order chi connectivity index (χ0) is 22.8. The third-order valence-electron chi connectivity index (χ3n) is 5.30. The zero-order valence-corrected chi connectivity index (χ0v) is 19.6. The average Bonchev–Trinajstić information content (AvgIpc) is 2.85. The topological polar surface area (TPSA) is 35.0 Å². The lowest BCUT2D eigenvalue weighted by atomic mass is 9.95. The van der Waals surface area contributed by atoms with Crippen molar-refractivity contribution in [3.8, 4) is 28.1 Å². The second kappa shape index (κ2) is 9.40. The van der Waals surface area contributed by atoms with Gasteiger partial charge in [-0.2, -0.15) is 0 Å². The van der Waals surface area contributed by atoms with Crippen molar-refractivity contribution in [1.29, 1.82) is 0 Å². The molecule has 0 saturated heterocycles. The summed E-state index contributed by atoms with van der Waals surface area (Å²) in [7, 11) is 0. The molecule has 5 rings (SSSR count). The van der Waals surface area contributed by atoms with Crippen molar-refractivity contribution < 1.29 is 4.74 Å². The Kier molecular flexibility index (Phi) is 6.19. The van der Waals surface area contributed by atoms with Gasteiger partial charge in [0.1, 0.15) is 18.1 Å². The minimum Gasteiger partial charge on any atom is -0.489 e. The molecule has 1 heterocycles. The molecule has 0 bridgehead atoms. The van der Waals surface area contributed by atoms with E-state index >= 15 is 0 Å². The number of hydrogen-bond donors (Lipinski definition) is 0. The van der Waals surface area contributed by atoms with E-state index in [1.165, 1.54) is 0 Å². The Balaban J connectivity index is 1.59. The molecule has 0 aliphatic rings. The van der Waals surface area contributed by atoms with Crippen molar-refractivity contribution in [1.82, 2.24) is 10.2 Å². The predicted molar refractivity (Wildman–Crippen MR) is 136 cm³/mol. The van der Waals surface area contributed by atoms with Gasteiger partial charge in [-0.1, -0.05) is 89.4 Å². The van der Waals surface area contributed by atoms with Crippen molar-refractivity contribution in [3.05, 3.63) is 112 Å². The van der Waals surface area contributed by atoms with Gasteiger partial charge in [0.05, 0.1) is 20.6 Å². The number of hydrogen-bond acceptors (Lipinski definition) is 3. The van der Waals surface area contributed by atoms with Crippen LogP contribution in [0.3, 0.4) is 0 Å². The molecule has 0 N–H and O–H groups in total. The molecule has 0 radical (unpaired) electrons. The Morgan fingerprint density at radius 1 is 0.636 bits per heavy atom. The molecule has 0 aliphatic heterocycles. The van der Waals surface area contributed by atoms with Gasteiger partial charge in [-0.05, 0) is 47.5 Å². The molecule has 5 aromatic rings.